The Hall–Kier alpha value is -0.260. The van der Waals surface area contributed by atoms with E-state index in [1.165, 1.54) is 25.7 Å². The van der Waals surface area contributed by atoms with E-state index in [1.54, 1.807) is 11.1 Å². The molecular formula is C11H20. The van der Waals surface area contributed by atoms with Crippen LogP contribution in [0.4, 0.5) is 0 Å². The molecule has 0 amide bonds. The lowest BCUT2D eigenvalue weighted by Gasteiger charge is -2.31. The van der Waals surface area contributed by atoms with Crippen LogP contribution in [0.2, 0.25) is 0 Å². The van der Waals surface area contributed by atoms with Crippen LogP contribution in [-0.4, -0.2) is 0 Å². The highest BCUT2D eigenvalue weighted by molar-refractivity contribution is 5.17. The molecule has 0 atom stereocenters. The van der Waals surface area contributed by atoms with Crippen LogP contribution in [-0.2, 0) is 0 Å². The minimum Gasteiger partial charge on any atom is -0.0736 e. The fourth-order valence-electron chi connectivity index (χ4n) is 2.11. The lowest BCUT2D eigenvalue weighted by Crippen LogP contribution is -2.17. The van der Waals surface area contributed by atoms with Crippen LogP contribution in [0.25, 0.3) is 0 Å². The van der Waals surface area contributed by atoms with E-state index in [9.17, 15) is 0 Å². The largest absolute Gasteiger partial charge is 0.0736 e. The third kappa shape index (κ3) is 2.08. The molecule has 0 spiro atoms. The Labute approximate surface area is 70.7 Å². The zero-order chi connectivity index (χ0) is 8.48. The zero-order valence-electron chi connectivity index (χ0n) is 8.33. The maximum Gasteiger partial charge on any atom is -0.0269 e. The summed E-state index contributed by atoms with van der Waals surface area (Å²) in [5.74, 6) is 0. The van der Waals surface area contributed by atoms with Gasteiger partial charge in [-0.1, -0.05) is 31.9 Å². The molecule has 0 heterocycles. The van der Waals surface area contributed by atoms with E-state index in [-0.39, 0.29) is 0 Å². The Kier molecular flexibility index (Phi) is 2.41. The zero-order valence-corrected chi connectivity index (χ0v) is 8.33. The van der Waals surface area contributed by atoms with Crippen LogP contribution < -0.4 is 0 Å². The van der Waals surface area contributed by atoms with Crippen molar-refractivity contribution in [1.29, 1.82) is 0 Å². The van der Waals surface area contributed by atoms with Crippen molar-refractivity contribution in [2.24, 2.45) is 5.41 Å². The van der Waals surface area contributed by atoms with Crippen LogP contribution in [0.5, 0.6) is 0 Å². The minimum absolute atomic E-state index is 0.572. The van der Waals surface area contributed by atoms with Crippen LogP contribution in [0, 0.1) is 5.41 Å². The van der Waals surface area contributed by atoms with E-state index < -0.39 is 0 Å². The summed E-state index contributed by atoms with van der Waals surface area (Å²) in [6.07, 6.45) is 5.31. The first-order chi connectivity index (χ1) is 5.05. The number of allylic oxidation sites excluding steroid dienone is 2. The van der Waals surface area contributed by atoms with Crippen molar-refractivity contribution < 1.29 is 0 Å². The van der Waals surface area contributed by atoms with E-state index >= 15 is 0 Å². The first kappa shape index (κ1) is 8.83. The number of rotatable bonds is 1. The second-order valence-electron chi connectivity index (χ2n) is 4.58. The summed E-state index contributed by atoms with van der Waals surface area (Å²) in [4.78, 5) is 0. The van der Waals surface area contributed by atoms with Gasteiger partial charge in [0, 0.05) is 0 Å². The average molecular weight is 152 g/mol. The van der Waals surface area contributed by atoms with Crippen molar-refractivity contribution in [2.75, 3.05) is 0 Å². The first-order valence-electron chi connectivity index (χ1n) is 4.72. The minimum atomic E-state index is 0.572. The molecule has 0 aliphatic heterocycles. The Morgan fingerprint density at radius 1 is 1.36 bits per heavy atom. The van der Waals surface area contributed by atoms with Crippen molar-refractivity contribution in [3.05, 3.63) is 11.1 Å². The van der Waals surface area contributed by atoms with Gasteiger partial charge < -0.3 is 0 Å². The molecule has 0 aromatic carbocycles. The van der Waals surface area contributed by atoms with Crippen LogP contribution >= 0.6 is 0 Å². The normalized spacial score (nSPS) is 24.0. The molecule has 0 saturated carbocycles. The maximum atomic E-state index is 2.38. The molecule has 11 heavy (non-hydrogen) atoms. The van der Waals surface area contributed by atoms with Crippen molar-refractivity contribution in [3.8, 4) is 0 Å². The lowest BCUT2D eigenvalue weighted by molar-refractivity contribution is 0.311. The van der Waals surface area contributed by atoms with Crippen LogP contribution in [0.3, 0.4) is 0 Å². The van der Waals surface area contributed by atoms with Gasteiger partial charge in [0.1, 0.15) is 0 Å². The molecule has 0 N–H and O–H groups in total. The summed E-state index contributed by atoms with van der Waals surface area (Å²) in [6.45, 7) is 9.34. The van der Waals surface area contributed by atoms with E-state index in [2.05, 4.69) is 27.7 Å². The highest BCUT2D eigenvalue weighted by Gasteiger charge is 2.23. The molecule has 0 nitrogen and oxygen atoms in total. The van der Waals surface area contributed by atoms with Gasteiger partial charge in [0.05, 0.1) is 0 Å². The van der Waals surface area contributed by atoms with Crippen molar-refractivity contribution in [1.82, 2.24) is 0 Å². The van der Waals surface area contributed by atoms with Gasteiger partial charge >= 0.3 is 0 Å². The van der Waals surface area contributed by atoms with Gasteiger partial charge in [0.15, 0.2) is 0 Å². The molecule has 1 aliphatic carbocycles. The monoisotopic (exact) mass is 152 g/mol. The fourth-order valence-corrected chi connectivity index (χ4v) is 2.11. The van der Waals surface area contributed by atoms with Crippen molar-refractivity contribution >= 4 is 0 Å². The lowest BCUT2D eigenvalue weighted by atomic mass is 9.74. The fraction of sp³-hybridized carbons (Fsp3) is 0.818. The van der Waals surface area contributed by atoms with Gasteiger partial charge in [-0.2, -0.15) is 0 Å². The van der Waals surface area contributed by atoms with Gasteiger partial charge in [0.2, 0.25) is 0 Å². The van der Waals surface area contributed by atoms with Crippen LogP contribution in [0.1, 0.15) is 53.4 Å². The third-order valence-corrected chi connectivity index (χ3v) is 2.88. The predicted octanol–water partition coefficient (Wildman–Crippen LogP) is 3.92. The quantitative estimate of drug-likeness (QED) is 0.499. The van der Waals surface area contributed by atoms with Gasteiger partial charge in [-0.3, -0.25) is 0 Å². The highest BCUT2D eigenvalue weighted by atomic mass is 14.3. The molecule has 1 aliphatic rings. The average Bonchev–Trinajstić information content (AvgIpc) is 1.86. The smallest absolute Gasteiger partial charge is 0.0269 e. The van der Waals surface area contributed by atoms with E-state index in [0.29, 0.717) is 5.41 Å². The molecule has 0 unspecified atom stereocenters. The Balaban J connectivity index is 2.71. The standard InChI is InChI=1S/C11H20/c1-5-10-6-7-11(3,4)8-9(10)2/h5-8H2,1-4H3. The molecule has 0 saturated heterocycles. The summed E-state index contributed by atoms with van der Waals surface area (Å²) >= 11 is 0. The SMILES string of the molecule is CCC1=C(C)CC(C)(C)CC1. The van der Waals surface area contributed by atoms with E-state index in [4.69, 9.17) is 0 Å². The van der Waals surface area contributed by atoms with E-state index in [0.717, 1.165) is 0 Å². The summed E-state index contributed by atoms with van der Waals surface area (Å²) in [5, 5.41) is 0. The summed E-state index contributed by atoms with van der Waals surface area (Å²) in [6, 6.07) is 0. The van der Waals surface area contributed by atoms with Gasteiger partial charge in [-0.05, 0) is 38.0 Å². The Morgan fingerprint density at radius 2 is 2.00 bits per heavy atom. The first-order valence-corrected chi connectivity index (χ1v) is 4.72. The third-order valence-electron chi connectivity index (χ3n) is 2.88. The molecular weight excluding hydrogens is 132 g/mol. The second-order valence-corrected chi connectivity index (χ2v) is 4.58. The molecule has 0 aromatic rings. The molecule has 0 radical (unpaired) electrons. The van der Waals surface area contributed by atoms with Crippen molar-refractivity contribution in [3.63, 3.8) is 0 Å². The molecule has 0 aromatic heterocycles. The number of hydrogen-bond donors (Lipinski definition) is 0. The molecule has 0 heteroatoms. The number of hydrogen-bond acceptors (Lipinski definition) is 0. The summed E-state index contributed by atoms with van der Waals surface area (Å²) in [7, 11) is 0. The maximum absolute atomic E-state index is 2.38. The molecule has 64 valence electrons. The van der Waals surface area contributed by atoms with Gasteiger partial charge in [-0.25, -0.2) is 0 Å². The predicted molar refractivity (Wildman–Crippen MR) is 50.6 cm³/mol. The molecule has 1 rings (SSSR count). The molecule has 0 fully saturated rings. The van der Waals surface area contributed by atoms with E-state index in [1.807, 2.05) is 0 Å². The summed E-state index contributed by atoms with van der Waals surface area (Å²) < 4.78 is 0. The Bertz CT molecular complexity index is 172. The van der Waals surface area contributed by atoms with Gasteiger partial charge in [-0.15, -0.1) is 0 Å². The van der Waals surface area contributed by atoms with Gasteiger partial charge in [0.25, 0.3) is 0 Å². The summed E-state index contributed by atoms with van der Waals surface area (Å²) in [5.41, 5.74) is 3.94. The molecule has 0 bridgehead atoms. The second kappa shape index (κ2) is 3.00. The highest BCUT2D eigenvalue weighted by Crippen LogP contribution is 2.39. The van der Waals surface area contributed by atoms with Crippen LogP contribution in [0.15, 0.2) is 11.1 Å². The van der Waals surface area contributed by atoms with Crippen molar-refractivity contribution in [2.45, 2.75) is 53.4 Å². The Morgan fingerprint density at radius 3 is 2.45 bits per heavy atom. The topological polar surface area (TPSA) is 0 Å².